The molecule has 4 aliphatic rings. The average Bonchev–Trinajstić information content (AvgIpc) is 1.49. The van der Waals surface area contributed by atoms with E-state index < -0.39 is 10.8 Å². The summed E-state index contributed by atoms with van der Waals surface area (Å²) in [4.78, 5) is 22.2. The Morgan fingerprint density at radius 2 is 0.588 bits per heavy atom. The van der Waals surface area contributed by atoms with Gasteiger partial charge in [-0.3, -0.25) is 0 Å². The van der Waals surface area contributed by atoms with E-state index in [1.54, 1.807) is 0 Å². The van der Waals surface area contributed by atoms with Crippen LogP contribution in [0.4, 0.5) is 0 Å². The van der Waals surface area contributed by atoms with Crippen LogP contribution in [-0.4, -0.2) is 19.9 Å². The molecule has 1 unspecified atom stereocenters. The quantitative estimate of drug-likeness (QED) is 0.151. The number of hydrogen-bond donors (Lipinski definition) is 0. The molecule has 17 aromatic rings. The Balaban J connectivity index is 0.714. The summed E-state index contributed by atoms with van der Waals surface area (Å²) in [6, 6.07) is 126. The third kappa shape index (κ3) is 8.41. The molecule has 2 aliphatic carbocycles. The maximum atomic E-state index is 7.37. The minimum Gasteiger partial charge on any atom is -0.456 e. The van der Waals surface area contributed by atoms with Crippen molar-refractivity contribution in [3.8, 4) is 135 Å². The molecule has 15 aromatic carbocycles. The van der Waals surface area contributed by atoms with Crippen molar-refractivity contribution in [3.05, 3.63) is 396 Å². The van der Waals surface area contributed by atoms with Crippen molar-refractivity contribution in [2.24, 2.45) is 0 Å². The summed E-state index contributed by atoms with van der Waals surface area (Å²) in [7, 11) is 0. The number of para-hydroxylation sites is 4. The second kappa shape index (κ2) is 22.6. The highest BCUT2D eigenvalue weighted by Gasteiger charge is 2.54. The van der Waals surface area contributed by atoms with Gasteiger partial charge in [0.15, 0.2) is 11.6 Å². The van der Waals surface area contributed by atoms with Gasteiger partial charge in [-0.05, 0) is 131 Å². The van der Waals surface area contributed by atoms with Gasteiger partial charge in [-0.25, -0.2) is 19.9 Å². The second-order valence-corrected chi connectivity index (χ2v) is 26.9. The van der Waals surface area contributed by atoms with E-state index in [0.717, 1.165) is 134 Å². The Morgan fingerprint density at radius 1 is 0.206 bits per heavy atom. The van der Waals surface area contributed by atoms with Gasteiger partial charge in [-0.15, -0.1) is 0 Å². The minimum atomic E-state index is -0.796. The summed E-state index contributed by atoms with van der Waals surface area (Å²) < 4.78 is 14.6. The Kier molecular flexibility index (Phi) is 12.7. The number of benzene rings is 15. The van der Waals surface area contributed by atoms with Crippen molar-refractivity contribution in [2.45, 2.75) is 10.8 Å². The maximum Gasteiger partial charge on any atom is 0.164 e. The van der Waals surface area contributed by atoms with Gasteiger partial charge in [0.2, 0.25) is 0 Å². The van der Waals surface area contributed by atoms with E-state index in [4.69, 9.17) is 29.4 Å². The minimum absolute atomic E-state index is 0.577. The Bertz CT molecular complexity index is 6300. The smallest absolute Gasteiger partial charge is 0.164 e. The number of nitrogens with zero attached hydrogens (tertiary/aromatic N) is 4. The molecule has 0 fully saturated rings. The van der Waals surface area contributed by atoms with Gasteiger partial charge in [0.05, 0.1) is 44.7 Å². The third-order valence-corrected chi connectivity index (χ3v) is 21.7. The summed E-state index contributed by atoms with van der Waals surface area (Å²) in [5.41, 5.74) is 26.0. The number of fused-ring (bicyclic) bond motifs is 20. The van der Waals surface area contributed by atoms with Crippen LogP contribution in [0.25, 0.3) is 134 Å². The van der Waals surface area contributed by atoms with Gasteiger partial charge in [0.25, 0.3) is 0 Å². The van der Waals surface area contributed by atoms with Gasteiger partial charge in [0.1, 0.15) is 23.0 Å². The van der Waals surface area contributed by atoms with E-state index >= 15 is 0 Å². The molecule has 0 radical (unpaired) electrons. The van der Waals surface area contributed by atoms with E-state index in [1.807, 2.05) is 12.1 Å². The molecule has 6 heteroatoms. The zero-order chi connectivity index (χ0) is 67.0. The van der Waals surface area contributed by atoms with Crippen LogP contribution < -0.4 is 9.47 Å². The Hall–Kier alpha value is -13.4. The van der Waals surface area contributed by atoms with Crippen LogP contribution in [0.3, 0.4) is 0 Å². The molecule has 0 amide bonds. The molecule has 102 heavy (non-hydrogen) atoms. The van der Waals surface area contributed by atoms with E-state index in [0.29, 0.717) is 11.6 Å². The molecular formula is C96H58N4O2. The third-order valence-electron chi connectivity index (χ3n) is 21.7. The predicted molar refractivity (Wildman–Crippen MR) is 411 cm³/mol. The fourth-order valence-electron chi connectivity index (χ4n) is 17.4. The summed E-state index contributed by atoms with van der Waals surface area (Å²) in [5.74, 6) is 4.24. The highest BCUT2D eigenvalue weighted by Crippen LogP contribution is 2.66. The first-order valence-corrected chi connectivity index (χ1v) is 34.8. The summed E-state index contributed by atoms with van der Waals surface area (Å²) in [5, 5.41) is 4.43. The first-order chi connectivity index (χ1) is 50.6. The Morgan fingerprint density at radius 3 is 1.16 bits per heavy atom. The highest BCUT2D eigenvalue weighted by atomic mass is 16.5. The van der Waals surface area contributed by atoms with Crippen LogP contribution in [-0.2, 0) is 10.8 Å². The molecule has 474 valence electrons. The lowest BCUT2D eigenvalue weighted by Crippen LogP contribution is -2.32. The van der Waals surface area contributed by atoms with Gasteiger partial charge in [-0.1, -0.05) is 309 Å². The van der Waals surface area contributed by atoms with Crippen LogP contribution in [0.5, 0.6) is 23.0 Å². The van der Waals surface area contributed by atoms with Gasteiger partial charge >= 0.3 is 0 Å². The first-order valence-electron chi connectivity index (χ1n) is 34.8. The normalized spacial score (nSPS) is 14.4. The molecule has 4 heterocycles. The molecular weight excluding hydrogens is 1240 g/mol. The van der Waals surface area contributed by atoms with Crippen molar-refractivity contribution >= 4 is 21.5 Å². The number of ether oxygens (including phenoxy) is 2. The van der Waals surface area contributed by atoms with E-state index in [-0.39, 0.29) is 0 Å². The van der Waals surface area contributed by atoms with Crippen molar-refractivity contribution < 1.29 is 9.47 Å². The lowest BCUT2D eigenvalue weighted by Gasteiger charge is -2.40. The first kappa shape index (κ1) is 57.6. The zero-order valence-electron chi connectivity index (χ0n) is 55.1. The molecule has 0 saturated carbocycles. The van der Waals surface area contributed by atoms with Crippen LogP contribution in [0.1, 0.15) is 44.5 Å². The topological polar surface area (TPSA) is 70.0 Å². The Labute approximate surface area is 589 Å². The lowest BCUT2D eigenvalue weighted by atomic mass is 9.65. The van der Waals surface area contributed by atoms with Crippen molar-refractivity contribution in [3.63, 3.8) is 0 Å². The molecule has 0 bridgehead atoms. The average molecular weight is 1300 g/mol. The molecule has 2 spiro atoms. The van der Waals surface area contributed by atoms with E-state index in [2.05, 4.69) is 340 Å². The highest BCUT2D eigenvalue weighted by molar-refractivity contribution is 6.06. The summed E-state index contributed by atoms with van der Waals surface area (Å²) >= 11 is 0. The van der Waals surface area contributed by atoms with Crippen molar-refractivity contribution in [2.75, 3.05) is 0 Å². The molecule has 21 rings (SSSR count). The van der Waals surface area contributed by atoms with Crippen LogP contribution in [0, 0.1) is 0 Å². The zero-order valence-corrected chi connectivity index (χ0v) is 55.1. The monoisotopic (exact) mass is 1300 g/mol. The molecule has 2 aliphatic heterocycles. The predicted octanol–water partition coefficient (Wildman–Crippen LogP) is 23.8. The SMILES string of the molecule is c1ccc(-c2cc(-c3cccc4cc(-c5cccc6c5-c5ccccc5C65c6ccccc6Oc6c(-c7nc(-c8ccccc8)cc(-c8ccc(-c9ccccc9)c9ccccc89)n7)cccc65)ccc34)nc(-c3cccc4c3Oc3ccccc3C43c4ccccc4-c4ccccc43)n2)cc1. The van der Waals surface area contributed by atoms with Crippen LogP contribution >= 0.6 is 0 Å². The van der Waals surface area contributed by atoms with Crippen LogP contribution in [0.2, 0.25) is 0 Å². The number of rotatable bonds is 8. The van der Waals surface area contributed by atoms with E-state index in [1.165, 1.54) is 55.6 Å². The van der Waals surface area contributed by atoms with Crippen molar-refractivity contribution in [1.29, 1.82) is 0 Å². The summed E-state index contributed by atoms with van der Waals surface area (Å²) in [6.45, 7) is 0. The van der Waals surface area contributed by atoms with Gasteiger partial charge in [-0.2, -0.15) is 0 Å². The lowest BCUT2D eigenvalue weighted by molar-refractivity contribution is 0.437. The fourth-order valence-corrected chi connectivity index (χ4v) is 17.4. The van der Waals surface area contributed by atoms with Gasteiger partial charge < -0.3 is 9.47 Å². The number of aromatic nitrogens is 4. The maximum absolute atomic E-state index is 7.37. The molecule has 6 nitrogen and oxygen atoms in total. The standard InChI is InChI=1S/C96H58N4O2/c1-4-26-59(27-5-1)64-54-55-72(68-34-11-10-33-67(64)68)87-58-85(61-30-8-3-9-31-61)98-94(100-87)75-41-25-49-83-92(75)102-89-51-21-19-46-80(89)96(83)78-44-17-14-37-73(78)90-66(38-23-47-81(90)96)63-52-53-65-62(56-63)32-22-39-71(65)86-57-84(60-28-6-2-7-29-60)97-93(99-86)74-40-24-48-82-91(74)101-88-50-20-18-45-79(88)95(82)76-42-15-12-35-69(76)70-36-13-16-43-77(70)95/h1-58H. The summed E-state index contributed by atoms with van der Waals surface area (Å²) in [6.07, 6.45) is 0. The molecule has 2 aromatic heterocycles. The molecule has 1 atom stereocenters. The van der Waals surface area contributed by atoms with Crippen molar-refractivity contribution in [1.82, 2.24) is 19.9 Å². The largest absolute Gasteiger partial charge is 0.456 e. The second-order valence-electron chi connectivity index (χ2n) is 26.9. The fraction of sp³-hybridized carbons (Fsp3) is 0.0208. The number of hydrogen-bond acceptors (Lipinski definition) is 6. The molecule has 0 saturated heterocycles. The molecule has 0 N–H and O–H groups in total. The van der Waals surface area contributed by atoms with Gasteiger partial charge in [0, 0.05) is 44.5 Å². The van der Waals surface area contributed by atoms with E-state index in [9.17, 15) is 0 Å². The van der Waals surface area contributed by atoms with Crippen LogP contribution in [0.15, 0.2) is 352 Å².